The summed E-state index contributed by atoms with van der Waals surface area (Å²) in [4.78, 5) is 16.0. The van der Waals surface area contributed by atoms with E-state index >= 15 is 0 Å². The van der Waals surface area contributed by atoms with E-state index in [0.717, 1.165) is 64.2 Å². The van der Waals surface area contributed by atoms with E-state index in [0.29, 0.717) is 11.3 Å². The second kappa shape index (κ2) is 11.1. The molecule has 0 bridgehead atoms. The van der Waals surface area contributed by atoms with Gasteiger partial charge in [-0.3, -0.25) is 0 Å². The van der Waals surface area contributed by atoms with Crippen LogP contribution in [0.2, 0.25) is 0 Å². The molecule has 1 aromatic heterocycles. The van der Waals surface area contributed by atoms with Crippen LogP contribution in [0.4, 0.5) is 5.69 Å². The van der Waals surface area contributed by atoms with E-state index in [1.54, 1.807) is 0 Å². The molecular formula is C37H38N2O3. The van der Waals surface area contributed by atoms with Gasteiger partial charge in [0.15, 0.2) is 5.60 Å². The van der Waals surface area contributed by atoms with Crippen molar-refractivity contribution in [3.63, 3.8) is 0 Å². The average Bonchev–Trinajstić information content (AvgIpc) is 3.48. The van der Waals surface area contributed by atoms with Gasteiger partial charge in [0.1, 0.15) is 11.9 Å². The van der Waals surface area contributed by atoms with Crippen molar-refractivity contribution in [2.24, 2.45) is 0 Å². The normalized spacial score (nSPS) is 16.7. The van der Waals surface area contributed by atoms with Crippen LogP contribution in [0.3, 0.4) is 0 Å². The molecule has 5 heteroatoms. The van der Waals surface area contributed by atoms with Gasteiger partial charge < -0.3 is 18.9 Å². The van der Waals surface area contributed by atoms with Crippen LogP contribution < -0.4 is 9.64 Å². The Bertz CT molecular complexity index is 1750. The van der Waals surface area contributed by atoms with Crippen LogP contribution >= 0.6 is 0 Å². The summed E-state index contributed by atoms with van der Waals surface area (Å²) in [6.07, 6.45) is -0.223. The molecule has 214 valence electrons. The van der Waals surface area contributed by atoms with Crippen molar-refractivity contribution in [2.45, 2.75) is 52.9 Å². The van der Waals surface area contributed by atoms with Crippen LogP contribution in [0.25, 0.3) is 10.9 Å². The zero-order chi connectivity index (χ0) is 29.4. The highest BCUT2D eigenvalue weighted by molar-refractivity contribution is 5.99. The Morgan fingerprint density at radius 1 is 0.857 bits per heavy atom. The molecule has 1 aliphatic rings. The zero-order valence-electron chi connectivity index (χ0n) is 25.1. The van der Waals surface area contributed by atoms with Gasteiger partial charge in [-0.05, 0) is 64.4 Å². The van der Waals surface area contributed by atoms with Crippen LogP contribution in [0.15, 0.2) is 97.1 Å². The van der Waals surface area contributed by atoms with Crippen molar-refractivity contribution in [3.05, 3.63) is 131 Å². The second-order valence-corrected chi connectivity index (χ2v) is 10.9. The lowest BCUT2D eigenvalue weighted by Crippen LogP contribution is -2.31. The first-order valence-electron chi connectivity index (χ1n) is 15.0. The molecule has 0 fully saturated rings. The van der Waals surface area contributed by atoms with Gasteiger partial charge in [-0.1, -0.05) is 66.7 Å². The molecule has 0 spiro atoms. The highest BCUT2D eigenvalue weighted by Gasteiger charge is 2.52. The van der Waals surface area contributed by atoms with Gasteiger partial charge in [0.2, 0.25) is 0 Å². The van der Waals surface area contributed by atoms with Gasteiger partial charge in [0, 0.05) is 64.7 Å². The van der Waals surface area contributed by atoms with Crippen LogP contribution in [-0.4, -0.2) is 23.6 Å². The van der Waals surface area contributed by atoms with Crippen LogP contribution in [0.1, 0.15) is 72.1 Å². The third-order valence-corrected chi connectivity index (χ3v) is 8.72. The summed E-state index contributed by atoms with van der Waals surface area (Å²) in [6, 6.07) is 32.8. The highest BCUT2D eigenvalue weighted by atomic mass is 16.6. The van der Waals surface area contributed by atoms with Crippen molar-refractivity contribution in [1.82, 2.24) is 4.57 Å². The fourth-order valence-corrected chi connectivity index (χ4v) is 6.69. The number of cyclic esters (lactones) is 1. The van der Waals surface area contributed by atoms with Crippen molar-refractivity contribution in [3.8, 4) is 5.75 Å². The molecule has 0 saturated heterocycles. The molecule has 2 heterocycles. The Morgan fingerprint density at radius 2 is 1.55 bits per heavy atom. The number of anilines is 1. The maximum absolute atomic E-state index is 13.7. The minimum atomic E-state index is -1.19. The lowest BCUT2D eigenvalue weighted by atomic mass is 9.78. The number of fused-ring (bicyclic) bond motifs is 2. The number of rotatable bonds is 9. The van der Waals surface area contributed by atoms with Crippen molar-refractivity contribution >= 4 is 22.6 Å². The van der Waals surface area contributed by atoms with E-state index in [4.69, 9.17) is 9.47 Å². The number of para-hydroxylation sites is 1. The molecule has 42 heavy (non-hydrogen) atoms. The number of esters is 1. The number of carbonyl (C=O) groups is 1. The Balaban J connectivity index is 1.68. The van der Waals surface area contributed by atoms with E-state index in [9.17, 15) is 4.79 Å². The first-order chi connectivity index (χ1) is 20.4. The lowest BCUT2D eigenvalue weighted by molar-refractivity contribution is 0.0242. The number of hydrogen-bond donors (Lipinski definition) is 0. The molecule has 0 amide bonds. The second-order valence-electron chi connectivity index (χ2n) is 10.9. The van der Waals surface area contributed by atoms with E-state index in [2.05, 4.69) is 98.7 Å². The van der Waals surface area contributed by atoms with Crippen molar-refractivity contribution in [1.29, 1.82) is 0 Å². The van der Waals surface area contributed by atoms with Crippen LogP contribution in [-0.2, 0) is 16.9 Å². The minimum Gasteiger partial charge on any atom is -0.485 e. The summed E-state index contributed by atoms with van der Waals surface area (Å²) in [5, 5.41) is 1.07. The summed E-state index contributed by atoms with van der Waals surface area (Å²) in [7, 11) is 0. The fourth-order valence-electron chi connectivity index (χ4n) is 6.69. The van der Waals surface area contributed by atoms with Gasteiger partial charge in [-0.25, -0.2) is 4.79 Å². The Hall–Kier alpha value is -4.51. The third kappa shape index (κ3) is 4.27. The van der Waals surface area contributed by atoms with E-state index < -0.39 is 5.60 Å². The summed E-state index contributed by atoms with van der Waals surface area (Å²) in [5.41, 5.74) is 6.36. The number of aryl methyl sites for hydroxylation is 1. The standard InChI is InChI=1S/C37H38N2O3/c1-6-38(7-2)28-22-23-32(34(24-28)41-26(5)27-16-10-9-11-17-27)37(31-20-14-12-18-29(31)36(40)42-37)35-25(4)39(8-3)33-21-15-13-19-30(33)35/h9-24,26H,6-8H2,1-5H3. The largest absolute Gasteiger partial charge is 0.485 e. The monoisotopic (exact) mass is 558 g/mol. The molecule has 2 unspecified atom stereocenters. The average molecular weight is 559 g/mol. The molecule has 2 atom stereocenters. The minimum absolute atomic E-state index is 0.223. The van der Waals surface area contributed by atoms with Gasteiger partial charge in [0.05, 0.1) is 5.56 Å². The summed E-state index contributed by atoms with van der Waals surface area (Å²) in [5.74, 6) is 0.376. The predicted octanol–water partition coefficient (Wildman–Crippen LogP) is 8.42. The quantitative estimate of drug-likeness (QED) is 0.170. The number of hydrogen-bond acceptors (Lipinski definition) is 4. The third-order valence-electron chi connectivity index (χ3n) is 8.72. The fraction of sp³-hybridized carbons (Fsp3) is 0.270. The van der Waals surface area contributed by atoms with Crippen molar-refractivity contribution in [2.75, 3.05) is 18.0 Å². The summed E-state index contributed by atoms with van der Waals surface area (Å²) < 4.78 is 15.9. The summed E-state index contributed by atoms with van der Waals surface area (Å²) in [6.45, 7) is 13.2. The molecule has 4 aromatic carbocycles. The van der Waals surface area contributed by atoms with Gasteiger partial charge >= 0.3 is 5.97 Å². The van der Waals surface area contributed by atoms with E-state index in [-0.39, 0.29) is 12.1 Å². The predicted molar refractivity (Wildman–Crippen MR) is 170 cm³/mol. The van der Waals surface area contributed by atoms with Crippen molar-refractivity contribution < 1.29 is 14.3 Å². The molecule has 0 radical (unpaired) electrons. The van der Waals surface area contributed by atoms with Crippen LogP contribution in [0.5, 0.6) is 5.75 Å². The molecule has 5 nitrogen and oxygen atoms in total. The molecule has 0 saturated carbocycles. The number of benzene rings is 4. The topological polar surface area (TPSA) is 43.7 Å². The van der Waals surface area contributed by atoms with E-state index in [1.807, 2.05) is 42.5 Å². The van der Waals surface area contributed by atoms with Gasteiger partial charge in [-0.15, -0.1) is 0 Å². The SMILES string of the molecule is CCN(CC)c1ccc(C2(c3c(C)n(CC)c4ccccc34)OC(=O)c3ccccc32)c(OC(C)c2ccccc2)c1. The number of nitrogens with zero attached hydrogens (tertiary/aromatic N) is 2. The van der Waals surface area contributed by atoms with Crippen LogP contribution in [0, 0.1) is 6.92 Å². The maximum atomic E-state index is 13.7. The molecule has 5 aromatic rings. The zero-order valence-corrected chi connectivity index (χ0v) is 25.1. The number of ether oxygens (including phenoxy) is 2. The number of aromatic nitrogens is 1. The Labute approximate surface area is 248 Å². The smallest absolute Gasteiger partial charge is 0.340 e. The lowest BCUT2D eigenvalue weighted by Gasteiger charge is -2.34. The molecule has 0 aliphatic carbocycles. The highest BCUT2D eigenvalue weighted by Crippen LogP contribution is 2.54. The first-order valence-corrected chi connectivity index (χ1v) is 15.0. The molecule has 1 aliphatic heterocycles. The first kappa shape index (κ1) is 27.6. The molecule has 6 rings (SSSR count). The number of carbonyl (C=O) groups excluding carboxylic acids is 1. The van der Waals surface area contributed by atoms with Gasteiger partial charge in [0.25, 0.3) is 0 Å². The van der Waals surface area contributed by atoms with E-state index in [1.165, 1.54) is 0 Å². The Kier molecular flexibility index (Phi) is 7.28. The molecular weight excluding hydrogens is 520 g/mol. The van der Waals surface area contributed by atoms with Gasteiger partial charge in [-0.2, -0.15) is 0 Å². The Morgan fingerprint density at radius 3 is 2.29 bits per heavy atom. The molecule has 0 N–H and O–H groups in total. The maximum Gasteiger partial charge on any atom is 0.340 e. The summed E-state index contributed by atoms with van der Waals surface area (Å²) >= 11 is 0.